The molecule has 2 aliphatic heterocycles. The van der Waals surface area contributed by atoms with Crippen molar-refractivity contribution < 1.29 is 44.3 Å². The predicted molar refractivity (Wildman–Crippen MR) is 68.5 cm³/mol. The van der Waals surface area contributed by atoms with Crippen molar-refractivity contribution >= 4 is 32.2 Å². The molecule has 2 aliphatic rings. The smallest absolute Gasteiger partial charge is 0.418 e. The van der Waals surface area contributed by atoms with Gasteiger partial charge in [0.05, 0.1) is 0 Å². The Kier molecular flexibility index (Phi) is 4.00. The molecule has 2 heterocycles. The Morgan fingerprint density at radius 1 is 0.818 bits per heavy atom. The van der Waals surface area contributed by atoms with Crippen molar-refractivity contribution in [2.75, 3.05) is 24.7 Å². The van der Waals surface area contributed by atoms with E-state index in [-0.39, 0.29) is 0 Å². The molecule has 0 bridgehead atoms. The van der Waals surface area contributed by atoms with Crippen molar-refractivity contribution in [1.82, 2.24) is 0 Å². The molecule has 0 aromatic carbocycles. The van der Waals surface area contributed by atoms with Gasteiger partial charge in [0.2, 0.25) is 0 Å². The van der Waals surface area contributed by atoms with Gasteiger partial charge in [0.15, 0.2) is 11.2 Å². The highest BCUT2D eigenvalue weighted by Crippen LogP contribution is 2.26. The van der Waals surface area contributed by atoms with Gasteiger partial charge in [0.25, 0.3) is 20.2 Å². The lowest BCUT2D eigenvalue weighted by molar-refractivity contribution is -0.183. The van der Waals surface area contributed by atoms with Gasteiger partial charge in [-0.1, -0.05) is 0 Å². The average Bonchev–Trinajstić information content (AvgIpc) is 2.75. The number of ether oxygens (including phenoxy) is 2. The first-order chi connectivity index (χ1) is 9.84. The van der Waals surface area contributed by atoms with Gasteiger partial charge in [-0.15, -0.1) is 0 Å². The Balaban J connectivity index is 1.98. The fraction of sp³-hybridized carbons (Fsp3) is 0.800. The topological polar surface area (TPSA) is 139 Å². The fourth-order valence-electron chi connectivity index (χ4n) is 1.99. The van der Waals surface area contributed by atoms with Crippen molar-refractivity contribution in [1.29, 1.82) is 0 Å². The van der Waals surface area contributed by atoms with E-state index in [0.29, 0.717) is 0 Å². The van der Waals surface area contributed by atoms with Crippen LogP contribution < -0.4 is 0 Å². The molecule has 0 aromatic rings. The zero-order valence-electron chi connectivity index (χ0n) is 11.7. The van der Waals surface area contributed by atoms with Crippen molar-refractivity contribution in [3.8, 4) is 0 Å². The van der Waals surface area contributed by atoms with Gasteiger partial charge in [0, 0.05) is 0 Å². The first-order valence-electron chi connectivity index (χ1n) is 6.04. The van der Waals surface area contributed by atoms with Crippen LogP contribution in [0.3, 0.4) is 0 Å². The first-order valence-corrected chi connectivity index (χ1v) is 9.20. The van der Waals surface area contributed by atoms with Crippen LogP contribution in [0.15, 0.2) is 0 Å². The number of hydrogen-bond donors (Lipinski definition) is 0. The summed E-state index contributed by atoms with van der Waals surface area (Å²) in [4.78, 5) is 23.3. The summed E-state index contributed by atoms with van der Waals surface area (Å²) in [6.45, 7) is 1.74. The van der Waals surface area contributed by atoms with Gasteiger partial charge in [0.1, 0.15) is 24.7 Å². The number of carbonyl (C=O) groups excluding carboxylic acids is 2. The molecule has 126 valence electrons. The van der Waals surface area contributed by atoms with Crippen LogP contribution in [0.25, 0.3) is 0 Å². The Morgan fingerprint density at radius 2 is 1.14 bits per heavy atom. The molecular weight excluding hydrogens is 344 g/mol. The summed E-state index contributed by atoms with van der Waals surface area (Å²) < 4.78 is 63.3. The minimum Gasteiger partial charge on any atom is -0.447 e. The molecule has 0 amide bonds. The van der Waals surface area contributed by atoms with E-state index in [9.17, 15) is 26.4 Å². The molecule has 2 unspecified atom stereocenters. The molecular formula is C10H14O10S2. The Labute approximate surface area is 126 Å². The number of esters is 2. The second-order valence-electron chi connectivity index (χ2n) is 5.61. The van der Waals surface area contributed by atoms with Crippen molar-refractivity contribution in [3.63, 3.8) is 0 Å². The largest absolute Gasteiger partial charge is 0.447 e. The van der Waals surface area contributed by atoms with Gasteiger partial charge in [-0.25, -0.2) is 9.59 Å². The third-order valence-corrected chi connectivity index (χ3v) is 5.78. The third kappa shape index (κ3) is 3.94. The Bertz CT molecular complexity index is 646. The summed E-state index contributed by atoms with van der Waals surface area (Å²) in [6, 6.07) is 0. The molecule has 2 fully saturated rings. The minimum atomic E-state index is -3.80. The van der Waals surface area contributed by atoms with Crippen LogP contribution in [0.1, 0.15) is 13.8 Å². The lowest BCUT2D eigenvalue weighted by Gasteiger charge is -2.23. The number of hydrogen-bond acceptors (Lipinski definition) is 10. The van der Waals surface area contributed by atoms with Crippen LogP contribution in [-0.2, 0) is 47.7 Å². The second-order valence-corrected chi connectivity index (χ2v) is 8.89. The number of rotatable bonds is 2. The maximum absolute atomic E-state index is 11.7. The maximum Gasteiger partial charge on any atom is 0.418 e. The zero-order valence-corrected chi connectivity index (χ0v) is 13.4. The Morgan fingerprint density at radius 3 is 1.36 bits per heavy atom. The summed E-state index contributed by atoms with van der Waals surface area (Å²) in [6.07, 6.45) is 0. The van der Waals surface area contributed by atoms with Gasteiger partial charge in [-0.2, -0.15) is 16.8 Å². The molecule has 0 spiro atoms. The second kappa shape index (κ2) is 5.15. The van der Waals surface area contributed by atoms with E-state index < -0.39 is 68.1 Å². The monoisotopic (exact) mass is 358 g/mol. The van der Waals surface area contributed by atoms with Crippen LogP contribution in [0.5, 0.6) is 0 Å². The summed E-state index contributed by atoms with van der Waals surface area (Å²) in [5.41, 5.74) is -3.01. The van der Waals surface area contributed by atoms with Crippen LogP contribution in [0.4, 0.5) is 0 Å². The van der Waals surface area contributed by atoms with Crippen LogP contribution in [0, 0.1) is 0 Å². The zero-order chi connectivity index (χ0) is 16.8. The maximum atomic E-state index is 11.7. The van der Waals surface area contributed by atoms with Crippen LogP contribution >= 0.6 is 0 Å². The van der Waals surface area contributed by atoms with Crippen molar-refractivity contribution in [2.45, 2.75) is 25.0 Å². The van der Waals surface area contributed by atoms with E-state index in [1.807, 2.05) is 0 Å². The van der Waals surface area contributed by atoms with Gasteiger partial charge < -0.3 is 9.47 Å². The molecule has 0 radical (unpaired) electrons. The van der Waals surface area contributed by atoms with E-state index >= 15 is 0 Å². The quantitative estimate of drug-likeness (QED) is 0.319. The molecule has 2 atom stereocenters. The summed E-state index contributed by atoms with van der Waals surface area (Å²) >= 11 is 0. The molecule has 0 aliphatic carbocycles. The van der Waals surface area contributed by atoms with E-state index in [1.165, 1.54) is 13.8 Å². The Hall–Kier alpha value is -1.24. The highest BCUT2D eigenvalue weighted by Gasteiger charge is 2.47. The average molecular weight is 358 g/mol. The standard InChI is InChI=1S/C10H14O10S2/c1-9(3-17-21(13,14)5-9)19-7(11)8(12)20-10(2)4-18-22(15,16)6-10/h3-6H2,1-2H3. The molecule has 12 heteroatoms. The molecule has 0 aromatic heterocycles. The van der Waals surface area contributed by atoms with Crippen LogP contribution in [-0.4, -0.2) is 64.7 Å². The highest BCUT2D eigenvalue weighted by atomic mass is 32.2. The summed E-state index contributed by atoms with van der Waals surface area (Å²) in [5.74, 6) is -4.05. The molecule has 22 heavy (non-hydrogen) atoms. The van der Waals surface area contributed by atoms with Gasteiger partial charge in [-0.05, 0) is 13.8 Å². The lowest BCUT2D eigenvalue weighted by Crippen LogP contribution is -2.43. The van der Waals surface area contributed by atoms with Crippen molar-refractivity contribution in [2.24, 2.45) is 0 Å². The SMILES string of the molecule is CC1(OC(=O)C(=O)OC2(C)COS(=O)(=O)C2)COS(=O)(=O)C1. The summed E-state index contributed by atoms with van der Waals surface area (Å²) in [7, 11) is -7.61. The molecule has 2 rings (SSSR count). The van der Waals surface area contributed by atoms with Crippen molar-refractivity contribution in [3.05, 3.63) is 0 Å². The first kappa shape index (κ1) is 17.1. The lowest BCUT2D eigenvalue weighted by atomic mass is 10.1. The van der Waals surface area contributed by atoms with E-state index in [1.54, 1.807) is 0 Å². The third-order valence-electron chi connectivity index (χ3n) is 2.90. The predicted octanol–water partition coefficient (Wildman–Crippen LogP) is -1.69. The summed E-state index contributed by atoms with van der Waals surface area (Å²) in [5, 5.41) is 0. The normalized spacial score (nSPS) is 35.9. The van der Waals surface area contributed by atoms with Gasteiger partial charge in [-0.3, -0.25) is 8.37 Å². The van der Waals surface area contributed by atoms with E-state index in [2.05, 4.69) is 8.37 Å². The fourth-order valence-corrected chi connectivity index (χ4v) is 4.80. The van der Waals surface area contributed by atoms with Crippen LogP contribution in [0.2, 0.25) is 0 Å². The molecule has 0 N–H and O–H groups in total. The molecule has 2 saturated heterocycles. The number of carbonyl (C=O) groups is 2. The van der Waals surface area contributed by atoms with E-state index in [0.717, 1.165) is 0 Å². The van der Waals surface area contributed by atoms with Gasteiger partial charge >= 0.3 is 11.9 Å². The molecule has 10 nitrogen and oxygen atoms in total. The molecule has 0 saturated carbocycles. The highest BCUT2D eigenvalue weighted by molar-refractivity contribution is 7.87. The minimum absolute atomic E-state index is 0.414. The van der Waals surface area contributed by atoms with E-state index in [4.69, 9.17) is 9.47 Å².